The van der Waals surface area contributed by atoms with Crippen molar-refractivity contribution in [2.75, 3.05) is 11.4 Å². The fourth-order valence-corrected chi connectivity index (χ4v) is 2.38. The molecule has 1 aromatic rings. The van der Waals surface area contributed by atoms with Crippen LogP contribution in [0.15, 0.2) is 24.3 Å². The lowest BCUT2D eigenvalue weighted by molar-refractivity contribution is 0.0697. The molecule has 1 heterocycles. The van der Waals surface area contributed by atoms with Crippen LogP contribution in [-0.2, 0) is 0 Å². The highest BCUT2D eigenvalue weighted by atomic mass is 16.4. The fourth-order valence-electron chi connectivity index (χ4n) is 2.38. The van der Waals surface area contributed by atoms with Crippen LogP contribution in [0.1, 0.15) is 29.6 Å². The Morgan fingerprint density at radius 1 is 1.53 bits per heavy atom. The molecule has 1 saturated heterocycles. The van der Waals surface area contributed by atoms with Crippen LogP contribution < -0.4 is 4.90 Å². The minimum absolute atomic E-state index is 0.153. The van der Waals surface area contributed by atoms with Crippen molar-refractivity contribution in [1.82, 2.24) is 0 Å². The fraction of sp³-hybridized carbons (Fsp3) is 0.385. The van der Waals surface area contributed by atoms with E-state index in [0.717, 1.165) is 25.1 Å². The molecule has 0 aliphatic carbocycles. The van der Waals surface area contributed by atoms with E-state index in [0.29, 0.717) is 12.0 Å². The highest BCUT2D eigenvalue weighted by Gasteiger charge is 2.27. The first kappa shape index (κ1) is 11.5. The number of rotatable bonds is 3. The highest BCUT2D eigenvalue weighted by molar-refractivity contribution is 5.94. The Kier molecular flexibility index (Phi) is 3.29. The van der Waals surface area contributed by atoms with Crippen LogP contribution in [0.3, 0.4) is 0 Å². The number of anilines is 1. The van der Waals surface area contributed by atoms with E-state index >= 15 is 0 Å². The SMILES string of the molecule is N#CCC1CCCN1c1ccccc1C(=O)O. The lowest BCUT2D eigenvalue weighted by atomic mass is 10.1. The van der Waals surface area contributed by atoms with Gasteiger partial charge in [0, 0.05) is 12.6 Å². The summed E-state index contributed by atoms with van der Waals surface area (Å²) in [6, 6.07) is 9.31. The zero-order chi connectivity index (χ0) is 12.3. The van der Waals surface area contributed by atoms with Gasteiger partial charge in [-0.1, -0.05) is 12.1 Å². The summed E-state index contributed by atoms with van der Waals surface area (Å²) in [6.07, 6.45) is 2.43. The minimum Gasteiger partial charge on any atom is -0.478 e. The number of carbonyl (C=O) groups is 1. The molecule has 1 aliphatic rings. The van der Waals surface area contributed by atoms with Crippen LogP contribution in [0.5, 0.6) is 0 Å². The van der Waals surface area contributed by atoms with Gasteiger partial charge in [0.05, 0.1) is 23.7 Å². The molecule has 1 unspecified atom stereocenters. The van der Waals surface area contributed by atoms with Crippen molar-refractivity contribution in [1.29, 1.82) is 5.26 Å². The molecule has 0 saturated carbocycles. The van der Waals surface area contributed by atoms with Gasteiger partial charge >= 0.3 is 5.97 Å². The molecular formula is C13H14N2O2. The molecule has 0 bridgehead atoms. The van der Waals surface area contributed by atoms with E-state index in [2.05, 4.69) is 6.07 Å². The molecule has 0 radical (unpaired) electrons. The number of hydrogen-bond acceptors (Lipinski definition) is 3. The normalized spacial score (nSPS) is 19.0. The van der Waals surface area contributed by atoms with Gasteiger partial charge in [-0.05, 0) is 25.0 Å². The molecule has 4 heteroatoms. The summed E-state index contributed by atoms with van der Waals surface area (Å²) in [4.78, 5) is 13.2. The zero-order valence-corrected chi connectivity index (χ0v) is 9.47. The van der Waals surface area contributed by atoms with Crippen LogP contribution in [0.4, 0.5) is 5.69 Å². The number of benzene rings is 1. The molecule has 0 spiro atoms. The Balaban J connectivity index is 2.33. The quantitative estimate of drug-likeness (QED) is 0.865. The lowest BCUT2D eigenvalue weighted by Crippen LogP contribution is -2.30. The van der Waals surface area contributed by atoms with Crippen LogP contribution in [0, 0.1) is 11.3 Å². The number of para-hydroxylation sites is 1. The third-order valence-electron chi connectivity index (χ3n) is 3.15. The first-order valence-electron chi connectivity index (χ1n) is 5.70. The molecular weight excluding hydrogens is 216 g/mol. The number of hydrogen-bond donors (Lipinski definition) is 1. The maximum Gasteiger partial charge on any atom is 0.337 e. The topological polar surface area (TPSA) is 64.3 Å². The summed E-state index contributed by atoms with van der Waals surface area (Å²) in [5.74, 6) is -0.914. The van der Waals surface area contributed by atoms with E-state index in [9.17, 15) is 4.79 Å². The summed E-state index contributed by atoms with van der Waals surface area (Å²) >= 11 is 0. The largest absolute Gasteiger partial charge is 0.478 e. The number of nitrogens with zero attached hydrogens (tertiary/aromatic N) is 2. The van der Waals surface area contributed by atoms with Crippen molar-refractivity contribution in [2.24, 2.45) is 0 Å². The van der Waals surface area contributed by atoms with Gasteiger partial charge in [-0.3, -0.25) is 0 Å². The predicted molar refractivity (Wildman–Crippen MR) is 64.0 cm³/mol. The summed E-state index contributed by atoms with van der Waals surface area (Å²) in [5.41, 5.74) is 1.05. The number of nitriles is 1. The Labute approximate surface area is 100 Å². The smallest absolute Gasteiger partial charge is 0.337 e. The van der Waals surface area contributed by atoms with Gasteiger partial charge in [-0.2, -0.15) is 5.26 Å². The van der Waals surface area contributed by atoms with Crippen molar-refractivity contribution >= 4 is 11.7 Å². The molecule has 1 aliphatic heterocycles. The van der Waals surface area contributed by atoms with E-state index in [1.165, 1.54) is 0 Å². The van der Waals surface area contributed by atoms with Crippen LogP contribution >= 0.6 is 0 Å². The van der Waals surface area contributed by atoms with Crippen molar-refractivity contribution in [2.45, 2.75) is 25.3 Å². The molecule has 1 atom stereocenters. The summed E-state index contributed by atoms with van der Waals surface area (Å²) < 4.78 is 0. The van der Waals surface area contributed by atoms with Gasteiger partial charge in [-0.25, -0.2) is 4.79 Å². The van der Waals surface area contributed by atoms with E-state index < -0.39 is 5.97 Å². The zero-order valence-electron chi connectivity index (χ0n) is 9.47. The predicted octanol–water partition coefficient (Wildman–Crippen LogP) is 2.27. The standard InChI is InChI=1S/C13H14N2O2/c14-8-7-10-4-3-9-15(10)12-6-2-1-5-11(12)13(16)17/h1-2,5-6,10H,3-4,7,9H2,(H,16,17). The second-order valence-corrected chi connectivity index (χ2v) is 4.17. The summed E-state index contributed by atoms with van der Waals surface area (Å²) in [6.45, 7) is 0.830. The van der Waals surface area contributed by atoms with Gasteiger partial charge in [-0.15, -0.1) is 0 Å². The van der Waals surface area contributed by atoms with Crippen molar-refractivity contribution in [3.8, 4) is 6.07 Å². The van der Waals surface area contributed by atoms with E-state index in [1.54, 1.807) is 12.1 Å². The van der Waals surface area contributed by atoms with Gasteiger partial charge in [0.2, 0.25) is 0 Å². The molecule has 1 N–H and O–H groups in total. The average Bonchev–Trinajstić information content (AvgIpc) is 2.77. The summed E-state index contributed by atoms with van der Waals surface area (Å²) in [5, 5.41) is 17.9. The average molecular weight is 230 g/mol. The molecule has 2 rings (SSSR count). The minimum atomic E-state index is -0.914. The van der Waals surface area contributed by atoms with Gasteiger partial charge in [0.1, 0.15) is 0 Å². The third-order valence-corrected chi connectivity index (χ3v) is 3.15. The van der Waals surface area contributed by atoms with Crippen LogP contribution in [0.2, 0.25) is 0 Å². The second kappa shape index (κ2) is 4.88. The Morgan fingerprint density at radius 2 is 2.29 bits per heavy atom. The van der Waals surface area contributed by atoms with Crippen LogP contribution in [-0.4, -0.2) is 23.7 Å². The molecule has 0 amide bonds. The van der Waals surface area contributed by atoms with Gasteiger partial charge in [0.25, 0.3) is 0 Å². The van der Waals surface area contributed by atoms with Gasteiger partial charge < -0.3 is 10.0 Å². The second-order valence-electron chi connectivity index (χ2n) is 4.17. The first-order chi connectivity index (χ1) is 8.24. The molecule has 88 valence electrons. The van der Waals surface area contributed by atoms with E-state index in [1.807, 2.05) is 17.0 Å². The van der Waals surface area contributed by atoms with Crippen molar-refractivity contribution < 1.29 is 9.90 Å². The van der Waals surface area contributed by atoms with Crippen molar-refractivity contribution in [3.05, 3.63) is 29.8 Å². The third kappa shape index (κ3) is 2.23. The highest BCUT2D eigenvalue weighted by Crippen LogP contribution is 2.29. The lowest BCUT2D eigenvalue weighted by Gasteiger charge is -2.26. The number of carboxylic acid groups (broad SMARTS) is 1. The summed E-state index contributed by atoms with van der Waals surface area (Å²) in [7, 11) is 0. The monoisotopic (exact) mass is 230 g/mol. The number of aromatic carboxylic acids is 1. The first-order valence-corrected chi connectivity index (χ1v) is 5.70. The van der Waals surface area contributed by atoms with Gasteiger partial charge in [0.15, 0.2) is 0 Å². The molecule has 4 nitrogen and oxygen atoms in total. The van der Waals surface area contributed by atoms with Crippen LogP contribution in [0.25, 0.3) is 0 Å². The Hall–Kier alpha value is -2.02. The van der Waals surface area contributed by atoms with E-state index in [4.69, 9.17) is 10.4 Å². The number of carboxylic acids is 1. The molecule has 0 aromatic heterocycles. The molecule has 17 heavy (non-hydrogen) atoms. The Morgan fingerprint density at radius 3 is 3.00 bits per heavy atom. The maximum atomic E-state index is 11.2. The van der Waals surface area contributed by atoms with E-state index in [-0.39, 0.29) is 6.04 Å². The maximum absolute atomic E-state index is 11.2. The molecule has 1 fully saturated rings. The molecule has 1 aromatic carbocycles. The Bertz CT molecular complexity index is 465. The van der Waals surface area contributed by atoms with Crippen molar-refractivity contribution in [3.63, 3.8) is 0 Å².